The van der Waals surface area contributed by atoms with Gasteiger partial charge in [-0.2, -0.15) is 0 Å². The van der Waals surface area contributed by atoms with Crippen LogP contribution in [-0.2, 0) is 9.59 Å². The van der Waals surface area contributed by atoms with E-state index in [-0.39, 0.29) is 18.9 Å². The lowest BCUT2D eigenvalue weighted by Crippen LogP contribution is -2.46. The van der Waals surface area contributed by atoms with Gasteiger partial charge >= 0.3 is 12.0 Å². The van der Waals surface area contributed by atoms with Gasteiger partial charge in [-0.1, -0.05) is 27.7 Å². The molecular weight excluding hydrogens is 272 g/mol. The lowest BCUT2D eigenvalue weighted by Gasteiger charge is -2.27. The number of carbonyl (C=O) groups excluding carboxylic acids is 2. The highest BCUT2D eigenvalue weighted by Gasteiger charge is 2.27. The third kappa shape index (κ3) is 8.32. The number of hydrogen-bond donors (Lipinski definition) is 2. The largest absolute Gasteiger partial charge is 0.481 e. The zero-order chi connectivity index (χ0) is 16.8. The van der Waals surface area contributed by atoms with Crippen LogP contribution in [0, 0.1) is 11.3 Å². The number of nitrogens with one attached hydrogen (secondary N) is 1. The zero-order valence-electron chi connectivity index (χ0n) is 13.9. The molecule has 2 N–H and O–H groups in total. The van der Waals surface area contributed by atoms with Crippen molar-refractivity contribution in [2.75, 3.05) is 7.05 Å². The smallest absolute Gasteiger partial charge is 0.324 e. The molecule has 0 saturated heterocycles. The molecule has 0 spiro atoms. The van der Waals surface area contributed by atoms with Gasteiger partial charge in [0.25, 0.3) is 0 Å². The standard InChI is InChI=1S/C15H28N2O4/c1-10(2)7-11(3)17(6)14(21)16-12(18)8-15(4,5)9-13(19)20/h10-11H,7-9H2,1-6H3,(H,19,20)(H,16,18,21). The Kier molecular flexibility index (Phi) is 7.39. The average Bonchev–Trinajstić information content (AvgIpc) is 2.23. The average molecular weight is 300 g/mol. The highest BCUT2D eigenvalue weighted by atomic mass is 16.4. The second-order valence-corrected chi connectivity index (χ2v) is 6.85. The van der Waals surface area contributed by atoms with Crippen molar-refractivity contribution in [1.29, 1.82) is 0 Å². The molecule has 0 radical (unpaired) electrons. The van der Waals surface area contributed by atoms with Gasteiger partial charge in [-0.05, 0) is 24.7 Å². The van der Waals surface area contributed by atoms with Gasteiger partial charge in [0.15, 0.2) is 0 Å². The van der Waals surface area contributed by atoms with Crippen molar-refractivity contribution in [3.05, 3.63) is 0 Å². The molecule has 1 unspecified atom stereocenters. The Morgan fingerprint density at radius 1 is 1.14 bits per heavy atom. The van der Waals surface area contributed by atoms with Crippen LogP contribution in [0.2, 0.25) is 0 Å². The summed E-state index contributed by atoms with van der Waals surface area (Å²) in [6.45, 7) is 9.45. The van der Waals surface area contributed by atoms with Crippen molar-refractivity contribution >= 4 is 17.9 Å². The summed E-state index contributed by atoms with van der Waals surface area (Å²) in [7, 11) is 1.65. The van der Waals surface area contributed by atoms with E-state index in [1.54, 1.807) is 20.9 Å². The van der Waals surface area contributed by atoms with Crippen LogP contribution in [0.25, 0.3) is 0 Å². The van der Waals surface area contributed by atoms with Crippen LogP contribution >= 0.6 is 0 Å². The van der Waals surface area contributed by atoms with Gasteiger partial charge in [-0.15, -0.1) is 0 Å². The Hall–Kier alpha value is -1.59. The summed E-state index contributed by atoms with van der Waals surface area (Å²) in [4.78, 5) is 36.0. The van der Waals surface area contributed by atoms with E-state index in [9.17, 15) is 14.4 Å². The molecule has 3 amide bonds. The Balaban J connectivity index is 4.44. The maximum absolute atomic E-state index is 12.0. The van der Waals surface area contributed by atoms with Crippen molar-refractivity contribution in [3.63, 3.8) is 0 Å². The molecule has 0 aromatic carbocycles. The number of hydrogen-bond acceptors (Lipinski definition) is 3. The minimum absolute atomic E-state index is 0.00254. The van der Waals surface area contributed by atoms with Crippen LogP contribution in [0.3, 0.4) is 0 Å². The number of carboxylic acids is 1. The van der Waals surface area contributed by atoms with E-state index in [4.69, 9.17) is 5.11 Å². The quantitative estimate of drug-likeness (QED) is 0.756. The number of nitrogens with zero attached hydrogens (tertiary/aromatic N) is 1. The molecule has 0 aliphatic carbocycles. The van der Waals surface area contributed by atoms with E-state index in [1.807, 2.05) is 6.92 Å². The molecule has 0 aliphatic rings. The van der Waals surface area contributed by atoms with Gasteiger partial charge < -0.3 is 10.0 Å². The number of amides is 3. The topological polar surface area (TPSA) is 86.7 Å². The van der Waals surface area contributed by atoms with Crippen molar-refractivity contribution in [1.82, 2.24) is 10.2 Å². The molecule has 0 fully saturated rings. The maximum atomic E-state index is 12.0. The van der Waals surface area contributed by atoms with Crippen molar-refractivity contribution < 1.29 is 19.5 Å². The summed E-state index contributed by atoms with van der Waals surface area (Å²) in [5.74, 6) is -0.947. The first kappa shape index (κ1) is 19.4. The molecule has 21 heavy (non-hydrogen) atoms. The Morgan fingerprint density at radius 3 is 2.10 bits per heavy atom. The van der Waals surface area contributed by atoms with E-state index in [0.717, 1.165) is 6.42 Å². The van der Waals surface area contributed by atoms with Crippen LogP contribution in [0.4, 0.5) is 4.79 Å². The number of carboxylic acid groups (broad SMARTS) is 1. The maximum Gasteiger partial charge on any atom is 0.324 e. The molecule has 122 valence electrons. The van der Waals surface area contributed by atoms with E-state index in [2.05, 4.69) is 19.2 Å². The van der Waals surface area contributed by atoms with Crippen molar-refractivity contribution in [3.8, 4) is 0 Å². The molecular formula is C15H28N2O4. The molecule has 0 heterocycles. The number of rotatable bonds is 7. The fourth-order valence-corrected chi connectivity index (χ4v) is 2.20. The van der Waals surface area contributed by atoms with Gasteiger partial charge in [-0.25, -0.2) is 4.79 Å². The number of imide groups is 1. The fourth-order valence-electron chi connectivity index (χ4n) is 2.20. The molecule has 0 aromatic heterocycles. The molecule has 0 bridgehead atoms. The predicted octanol–water partition coefficient (Wildman–Crippen LogP) is 2.48. The van der Waals surface area contributed by atoms with Crippen LogP contribution < -0.4 is 5.32 Å². The number of aliphatic carboxylic acids is 1. The Morgan fingerprint density at radius 2 is 1.67 bits per heavy atom. The molecule has 1 atom stereocenters. The van der Waals surface area contributed by atoms with Crippen LogP contribution in [0.1, 0.15) is 53.9 Å². The predicted molar refractivity (Wildman–Crippen MR) is 80.9 cm³/mol. The molecule has 0 aromatic rings. The molecule has 6 heteroatoms. The van der Waals surface area contributed by atoms with Gasteiger partial charge in [0.1, 0.15) is 0 Å². The fraction of sp³-hybridized carbons (Fsp3) is 0.800. The summed E-state index contributed by atoms with van der Waals surface area (Å²) >= 11 is 0. The monoisotopic (exact) mass is 300 g/mol. The van der Waals surface area contributed by atoms with Crippen molar-refractivity contribution in [2.24, 2.45) is 11.3 Å². The number of urea groups is 1. The van der Waals surface area contributed by atoms with Gasteiger partial charge in [0.05, 0.1) is 6.42 Å². The SMILES string of the molecule is CC(C)CC(C)N(C)C(=O)NC(=O)CC(C)(C)CC(=O)O. The van der Waals surface area contributed by atoms with Gasteiger partial charge in [0, 0.05) is 19.5 Å². The second-order valence-electron chi connectivity index (χ2n) is 6.85. The third-order valence-corrected chi connectivity index (χ3v) is 3.31. The normalized spacial score (nSPS) is 12.9. The van der Waals surface area contributed by atoms with E-state index in [0.29, 0.717) is 5.92 Å². The molecule has 0 rings (SSSR count). The van der Waals surface area contributed by atoms with Gasteiger partial charge in [-0.3, -0.25) is 14.9 Å². The highest BCUT2D eigenvalue weighted by Crippen LogP contribution is 2.24. The first-order chi connectivity index (χ1) is 9.44. The summed E-state index contributed by atoms with van der Waals surface area (Å²) < 4.78 is 0. The lowest BCUT2D eigenvalue weighted by molar-refractivity contribution is -0.139. The molecule has 0 aliphatic heterocycles. The lowest BCUT2D eigenvalue weighted by atomic mass is 9.85. The highest BCUT2D eigenvalue weighted by molar-refractivity contribution is 5.94. The van der Waals surface area contributed by atoms with E-state index in [1.165, 1.54) is 4.90 Å². The van der Waals surface area contributed by atoms with E-state index < -0.39 is 23.3 Å². The summed E-state index contributed by atoms with van der Waals surface area (Å²) in [5.41, 5.74) is -0.682. The second kappa shape index (κ2) is 8.00. The minimum Gasteiger partial charge on any atom is -0.481 e. The summed E-state index contributed by atoms with van der Waals surface area (Å²) in [6, 6.07) is -0.413. The van der Waals surface area contributed by atoms with Gasteiger partial charge in [0.2, 0.25) is 5.91 Å². The van der Waals surface area contributed by atoms with Crippen LogP contribution in [-0.4, -0.2) is 41.0 Å². The summed E-state index contributed by atoms with van der Waals surface area (Å²) in [6.07, 6.45) is 0.730. The Bertz CT molecular complexity index is 391. The Labute approximate surface area is 126 Å². The van der Waals surface area contributed by atoms with Crippen LogP contribution in [0.15, 0.2) is 0 Å². The third-order valence-electron chi connectivity index (χ3n) is 3.31. The first-order valence-electron chi connectivity index (χ1n) is 7.23. The molecule has 6 nitrogen and oxygen atoms in total. The zero-order valence-corrected chi connectivity index (χ0v) is 13.9. The van der Waals surface area contributed by atoms with E-state index >= 15 is 0 Å². The first-order valence-corrected chi connectivity index (χ1v) is 7.23. The minimum atomic E-state index is -0.957. The molecule has 0 saturated carbocycles. The van der Waals surface area contributed by atoms with Crippen molar-refractivity contribution in [2.45, 2.75) is 59.9 Å². The number of carbonyl (C=O) groups is 3. The summed E-state index contributed by atoms with van der Waals surface area (Å²) in [5, 5.41) is 11.1. The van der Waals surface area contributed by atoms with Crippen LogP contribution in [0.5, 0.6) is 0 Å².